The number of benzene rings is 4. The zero-order valence-corrected chi connectivity index (χ0v) is 24.1. The fourth-order valence-corrected chi connectivity index (χ4v) is 5.97. The van der Waals surface area contributed by atoms with E-state index >= 15 is 0 Å². The molecular weight excluding hydrogens is 589 g/mol. The van der Waals surface area contributed by atoms with E-state index in [4.69, 9.17) is 14.2 Å². The number of aryl methyl sites for hydroxylation is 1. The Labute approximate surface area is 236 Å². The summed E-state index contributed by atoms with van der Waals surface area (Å²) in [4.78, 5) is 16.0. The van der Waals surface area contributed by atoms with E-state index in [0.717, 1.165) is 14.7 Å². The topological polar surface area (TPSA) is 44.8 Å². The van der Waals surface area contributed by atoms with Crippen LogP contribution in [0.15, 0.2) is 106 Å². The Hall–Kier alpha value is -3.69. The molecule has 0 saturated carbocycles. The Morgan fingerprint density at radius 3 is 1.46 bits per heavy atom. The second kappa shape index (κ2) is 11.7. The van der Waals surface area contributed by atoms with Gasteiger partial charge in [-0.3, -0.25) is 4.79 Å². The molecule has 41 heavy (non-hydrogen) atoms. The Balaban J connectivity index is 0.000000587. The van der Waals surface area contributed by atoms with Crippen LogP contribution in [0.1, 0.15) is 21.5 Å². The predicted molar refractivity (Wildman–Crippen MR) is 149 cm³/mol. The maximum absolute atomic E-state index is 12.9. The minimum atomic E-state index is -10.7. The summed E-state index contributed by atoms with van der Waals surface area (Å²) < 4.78 is 76.2. The van der Waals surface area contributed by atoms with Gasteiger partial charge < -0.3 is 14.2 Å². The van der Waals surface area contributed by atoms with Crippen molar-refractivity contribution in [2.24, 2.45) is 0 Å². The van der Waals surface area contributed by atoms with Crippen molar-refractivity contribution in [2.45, 2.75) is 21.6 Å². The van der Waals surface area contributed by atoms with Crippen LogP contribution in [0.25, 0.3) is 0 Å². The van der Waals surface area contributed by atoms with Gasteiger partial charge in [-0.1, -0.05) is 48.0 Å². The standard InChI is InChI=1S/C29H27O4S.F6P/c1-20-10-14-24(15-11-20)34(29-26(32-3)18-23(31-2)19-27(29)33-4)25-16-12-22(13-17-25)28(30)21-8-6-5-7-9-21;1-7(2,3,4,5)6/h5-19H,1-4H3;/q+1;-1. The Morgan fingerprint density at radius 2 is 1.05 bits per heavy atom. The molecule has 0 N–H and O–H groups in total. The second-order valence-electron chi connectivity index (χ2n) is 8.66. The molecule has 0 bridgehead atoms. The number of rotatable bonds is 8. The van der Waals surface area contributed by atoms with E-state index in [-0.39, 0.29) is 5.78 Å². The summed E-state index contributed by atoms with van der Waals surface area (Å²) in [6.07, 6.45) is 0. The summed E-state index contributed by atoms with van der Waals surface area (Å²) in [5, 5.41) is 0. The molecular formula is C29H27F6O4PS. The maximum atomic E-state index is 12.9. The SMILES string of the molecule is COc1cc(OC)c([S+](c2ccc(C)cc2)c2ccc(C(=O)c3ccccc3)cc2)c(OC)c1.F[P-](F)(F)(F)(F)F. The van der Waals surface area contributed by atoms with E-state index in [1.54, 1.807) is 21.3 Å². The first-order valence-corrected chi connectivity index (χ1v) is 15.1. The third kappa shape index (κ3) is 9.72. The summed E-state index contributed by atoms with van der Waals surface area (Å²) in [7, 11) is -6.28. The molecule has 0 aliphatic heterocycles. The minimum absolute atomic E-state index is 0.00183. The van der Waals surface area contributed by atoms with Crippen LogP contribution in [0.3, 0.4) is 0 Å². The van der Waals surface area contributed by atoms with Gasteiger partial charge in [0.25, 0.3) is 0 Å². The van der Waals surface area contributed by atoms with Gasteiger partial charge in [0.15, 0.2) is 27.1 Å². The van der Waals surface area contributed by atoms with Crippen molar-refractivity contribution < 1.29 is 44.2 Å². The average Bonchev–Trinajstić information content (AvgIpc) is 2.92. The second-order valence-corrected chi connectivity index (χ2v) is 12.5. The van der Waals surface area contributed by atoms with Gasteiger partial charge in [-0.2, -0.15) is 0 Å². The van der Waals surface area contributed by atoms with Crippen molar-refractivity contribution in [1.29, 1.82) is 0 Å². The van der Waals surface area contributed by atoms with E-state index in [0.29, 0.717) is 28.4 Å². The molecule has 0 aliphatic rings. The van der Waals surface area contributed by atoms with Crippen molar-refractivity contribution in [3.63, 3.8) is 0 Å². The molecule has 4 aromatic rings. The number of methoxy groups -OCH3 is 3. The monoisotopic (exact) mass is 616 g/mol. The van der Waals surface area contributed by atoms with Gasteiger partial charge >= 0.3 is 33.0 Å². The zero-order chi connectivity index (χ0) is 30.5. The van der Waals surface area contributed by atoms with E-state index in [9.17, 15) is 30.0 Å². The van der Waals surface area contributed by atoms with Gasteiger partial charge in [0, 0.05) is 23.3 Å². The Bertz CT molecular complexity index is 1460. The Morgan fingerprint density at radius 1 is 0.634 bits per heavy atom. The third-order valence-corrected chi connectivity index (χ3v) is 7.82. The van der Waals surface area contributed by atoms with Crippen LogP contribution in [-0.2, 0) is 10.9 Å². The van der Waals surface area contributed by atoms with Crippen LogP contribution >= 0.6 is 7.81 Å². The Kier molecular flexibility index (Phi) is 9.05. The van der Waals surface area contributed by atoms with Crippen molar-refractivity contribution >= 4 is 24.5 Å². The van der Waals surface area contributed by atoms with Gasteiger partial charge in [-0.25, -0.2) is 0 Å². The number of ether oxygens (including phenoxy) is 3. The van der Waals surface area contributed by atoms with Gasteiger partial charge in [-0.15, -0.1) is 0 Å². The molecule has 4 nitrogen and oxygen atoms in total. The summed E-state index contributed by atoms with van der Waals surface area (Å²) in [5.74, 6) is 2.03. The molecule has 0 fully saturated rings. The van der Waals surface area contributed by atoms with Crippen LogP contribution in [-0.4, -0.2) is 27.1 Å². The third-order valence-electron chi connectivity index (χ3n) is 5.52. The zero-order valence-electron chi connectivity index (χ0n) is 22.4. The van der Waals surface area contributed by atoms with E-state index in [1.165, 1.54) is 5.56 Å². The van der Waals surface area contributed by atoms with Gasteiger partial charge in [0.05, 0.1) is 21.3 Å². The van der Waals surface area contributed by atoms with E-state index in [1.807, 2.05) is 66.7 Å². The number of halogens is 6. The van der Waals surface area contributed by atoms with Crippen LogP contribution in [0.2, 0.25) is 0 Å². The first-order valence-electron chi connectivity index (χ1n) is 11.9. The van der Waals surface area contributed by atoms with Crippen molar-refractivity contribution in [3.8, 4) is 17.2 Å². The summed E-state index contributed by atoms with van der Waals surface area (Å²) in [5.41, 5.74) is 2.51. The van der Waals surface area contributed by atoms with Crippen LogP contribution in [0.5, 0.6) is 17.2 Å². The van der Waals surface area contributed by atoms with Gasteiger partial charge in [0.2, 0.25) is 4.90 Å². The molecule has 0 heterocycles. The first kappa shape index (κ1) is 31.8. The fourth-order valence-electron chi connectivity index (χ4n) is 3.72. The van der Waals surface area contributed by atoms with Crippen LogP contribution in [0.4, 0.5) is 25.2 Å². The number of hydrogen-bond donors (Lipinski definition) is 0. The number of hydrogen-bond acceptors (Lipinski definition) is 4. The molecule has 0 radical (unpaired) electrons. The van der Waals surface area contributed by atoms with Crippen molar-refractivity contribution in [2.75, 3.05) is 21.3 Å². The molecule has 4 rings (SSSR count). The predicted octanol–water partition coefficient (Wildman–Crippen LogP) is 9.73. The van der Waals surface area contributed by atoms with Crippen molar-refractivity contribution in [3.05, 3.63) is 108 Å². The van der Waals surface area contributed by atoms with Crippen LogP contribution < -0.4 is 14.2 Å². The van der Waals surface area contributed by atoms with Gasteiger partial charge in [0.1, 0.15) is 16.6 Å². The molecule has 0 spiro atoms. The van der Waals surface area contributed by atoms with Crippen LogP contribution in [0, 0.1) is 6.92 Å². The molecule has 1 atom stereocenters. The first-order chi connectivity index (χ1) is 19.0. The molecule has 0 saturated heterocycles. The average molecular weight is 617 g/mol. The van der Waals surface area contributed by atoms with Crippen molar-refractivity contribution in [1.82, 2.24) is 0 Å². The molecule has 0 aromatic heterocycles. The molecule has 4 aromatic carbocycles. The fraction of sp³-hybridized carbons (Fsp3) is 0.138. The van der Waals surface area contributed by atoms with Gasteiger partial charge in [-0.05, 0) is 43.3 Å². The molecule has 220 valence electrons. The number of carbonyl (C=O) groups excluding carboxylic acids is 1. The number of ketones is 1. The summed E-state index contributed by atoms with van der Waals surface area (Å²) in [6, 6.07) is 29.3. The summed E-state index contributed by atoms with van der Waals surface area (Å²) in [6.45, 7) is 2.07. The molecule has 0 amide bonds. The van der Waals surface area contributed by atoms with E-state index in [2.05, 4.69) is 31.2 Å². The molecule has 1 unspecified atom stereocenters. The molecule has 12 heteroatoms. The molecule has 0 aliphatic carbocycles. The summed E-state index contributed by atoms with van der Waals surface area (Å²) >= 11 is 0. The normalized spacial score (nSPS) is 13.5. The van der Waals surface area contributed by atoms with E-state index < -0.39 is 18.7 Å². The number of carbonyl (C=O) groups is 1. The quantitative estimate of drug-likeness (QED) is 0.0856.